The van der Waals surface area contributed by atoms with Gasteiger partial charge in [0.25, 0.3) is 0 Å². The van der Waals surface area contributed by atoms with E-state index in [2.05, 4.69) is 12.1 Å². The minimum absolute atomic E-state index is 0.163. The highest BCUT2D eigenvalue weighted by atomic mass is 16.5. The minimum Gasteiger partial charge on any atom is -0.491 e. The molecule has 0 amide bonds. The molecule has 0 radical (unpaired) electrons. The fourth-order valence-corrected chi connectivity index (χ4v) is 2.59. The van der Waals surface area contributed by atoms with Crippen LogP contribution in [0, 0.1) is 0 Å². The lowest BCUT2D eigenvalue weighted by Crippen LogP contribution is -2.06. The largest absolute Gasteiger partial charge is 0.491 e. The molecule has 1 saturated carbocycles. The average Bonchev–Trinajstić information content (AvgIpc) is 3.31. The smallest absolute Gasteiger partial charge is 0.119 e. The van der Waals surface area contributed by atoms with Gasteiger partial charge in [0.15, 0.2) is 0 Å². The van der Waals surface area contributed by atoms with Gasteiger partial charge in [-0.2, -0.15) is 0 Å². The summed E-state index contributed by atoms with van der Waals surface area (Å²) >= 11 is 0. The van der Waals surface area contributed by atoms with Crippen molar-refractivity contribution >= 4 is 0 Å². The second kappa shape index (κ2) is 5.90. The Morgan fingerprint density at radius 3 is 2.33 bits per heavy atom. The Bertz CT molecular complexity index is 597. The van der Waals surface area contributed by atoms with Gasteiger partial charge in [0.2, 0.25) is 0 Å². The molecule has 2 aromatic carbocycles. The normalized spacial score (nSPS) is 16.0. The van der Waals surface area contributed by atoms with E-state index in [0.717, 1.165) is 16.9 Å². The van der Waals surface area contributed by atoms with Crippen molar-refractivity contribution in [2.45, 2.75) is 44.8 Å². The molecule has 1 unspecified atom stereocenters. The first-order valence-corrected chi connectivity index (χ1v) is 7.68. The van der Waals surface area contributed by atoms with E-state index in [1.165, 1.54) is 18.4 Å². The highest BCUT2D eigenvalue weighted by molar-refractivity contribution is 5.37. The summed E-state index contributed by atoms with van der Waals surface area (Å²) in [6.07, 6.45) is 2.15. The van der Waals surface area contributed by atoms with Gasteiger partial charge in [-0.25, -0.2) is 0 Å². The van der Waals surface area contributed by atoms with Crippen LogP contribution in [0.25, 0.3) is 0 Å². The number of ether oxygens (including phenoxy) is 1. The Kier molecular flexibility index (Phi) is 3.98. The lowest BCUT2D eigenvalue weighted by Gasteiger charge is -2.14. The summed E-state index contributed by atoms with van der Waals surface area (Å²) in [7, 11) is 0. The van der Waals surface area contributed by atoms with Gasteiger partial charge >= 0.3 is 0 Å². The highest BCUT2D eigenvalue weighted by Crippen LogP contribution is 2.40. The van der Waals surface area contributed by atoms with Crippen molar-refractivity contribution in [1.82, 2.24) is 0 Å². The van der Waals surface area contributed by atoms with Crippen molar-refractivity contribution in [3.63, 3.8) is 0 Å². The van der Waals surface area contributed by atoms with Crippen molar-refractivity contribution in [1.29, 1.82) is 0 Å². The highest BCUT2D eigenvalue weighted by Gasteiger charge is 2.24. The Labute approximate surface area is 126 Å². The van der Waals surface area contributed by atoms with Crippen LogP contribution >= 0.6 is 0 Å². The van der Waals surface area contributed by atoms with E-state index in [9.17, 15) is 5.11 Å². The molecule has 3 rings (SSSR count). The van der Waals surface area contributed by atoms with Gasteiger partial charge in [-0.1, -0.05) is 36.4 Å². The molecule has 0 spiro atoms. The average molecular weight is 282 g/mol. The van der Waals surface area contributed by atoms with E-state index in [4.69, 9.17) is 4.74 Å². The third-order valence-electron chi connectivity index (χ3n) is 3.84. The van der Waals surface area contributed by atoms with Gasteiger partial charge in [0, 0.05) is 0 Å². The maximum atomic E-state index is 10.6. The molecule has 0 bridgehead atoms. The first kappa shape index (κ1) is 14.2. The SMILES string of the molecule is CC(C)Oc1ccc(C(O)c2cccc(C3CC3)c2)cc1. The molecule has 1 aliphatic rings. The van der Waals surface area contributed by atoms with Gasteiger partial charge in [-0.05, 0) is 61.4 Å². The van der Waals surface area contributed by atoms with Crippen molar-refractivity contribution in [2.75, 3.05) is 0 Å². The molecule has 1 aliphatic carbocycles. The third kappa shape index (κ3) is 3.45. The lowest BCUT2D eigenvalue weighted by atomic mass is 9.98. The maximum Gasteiger partial charge on any atom is 0.119 e. The van der Waals surface area contributed by atoms with Gasteiger partial charge in [0.1, 0.15) is 11.9 Å². The van der Waals surface area contributed by atoms with Gasteiger partial charge < -0.3 is 9.84 Å². The van der Waals surface area contributed by atoms with Gasteiger partial charge in [0.05, 0.1) is 6.10 Å². The molecule has 2 aromatic rings. The van der Waals surface area contributed by atoms with Crippen LogP contribution in [0.1, 0.15) is 55.4 Å². The summed E-state index contributed by atoms with van der Waals surface area (Å²) in [4.78, 5) is 0. The zero-order valence-corrected chi connectivity index (χ0v) is 12.6. The number of benzene rings is 2. The summed E-state index contributed by atoms with van der Waals surface area (Å²) in [5, 5.41) is 10.6. The fraction of sp³-hybridized carbons (Fsp3) is 0.368. The second-order valence-corrected chi connectivity index (χ2v) is 6.08. The van der Waals surface area contributed by atoms with E-state index in [1.54, 1.807) is 0 Å². The molecule has 0 heterocycles. The van der Waals surface area contributed by atoms with E-state index >= 15 is 0 Å². The van der Waals surface area contributed by atoms with Crippen LogP contribution in [0.4, 0.5) is 0 Å². The van der Waals surface area contributed by atoms with Crippen molar-refractivity contribution < 1.29 is 9.84 Å². The summed E-state index contributed by atoms with van der Waals surface area (Å²) in [5.41, 5.74) is 3.22. The Hall–Kier alpha value is -1.80. The van der Waals surface area contributed by atoms with Crippen LogP contribution < -0.4 is 4.74 Å². The fourth-order valence-electron chi connectivity index (χ4n) is 2.59. The van der Waals surface area contributed by atoms with E-state index in [0.29, 0.717) is 5.92 Å². The molecule has 2 heteroatoms. The third-order valence-corrected chi connectivity index (χ3v) is 3.84. The Morgan fingerprint density at radius 1 is 1.00 bits per heavy atom. The van der Waals surface area contributed by atoms with Crippen LogP contribution in [0.3, 0.4) is 0 Å². The zero-order chi connectivity index (χ0) is 14.8. The van der Waals surface area contributed by atoms with Crippen LogP contribution in [-0.4, -0.2) is 11.2 Å². The molecular weight excluding hydrogens is 260 g/mol. The van der Waals surface area contributed by atoms with Crippen LogP contribution in [-0.2, 0) is 0 Å². The number of aliphatic hydroxyl groups excluding tert-OH is 1. The number of rotatable bonds is 5. The number of hydrogen-bond donors (Lipinski definition) is 1. The summed E-state index contributed by atoms with van der Waals surface area (Å²) in [6.45, 7) is 4.01. The van der Waals surface area contributed by atoms with Crippen LogP contribution in [0.5, 0.6) is 5.75 Å². The first-order valence-electron chi connectivity index (χ1n) is 7.68. The standard InChI is InChI=1S/C19H22O2/c1-13(2)21-18-10-8-15(9-11-18)19(20)17-5-3-4-16(12-17)14-6-7-14/h3-5,8-14,19-20H,6-7H2,1-2H3. The number of hydrogen-bond acceptors (Lipinski definition) is 2. The van der Waals surface area contributed by atoms with Crippen molar-refractivity contribution in [3.8, 4) is 5.75 Å². The topological polar surface area (TPSA) is 29.5 Å². The lowest BCUT2D eigenvalue weighted by molar-refractivity contribution is 0.219. The second-order valence-electron chi connectivity index (χ2n) is 6.08. The molecule has 1 fully saturated rings. The zero-order valence-electron chi connectivity index (χ0n) is 12.6. The van der Waals surface area contributed by atoms with Gasteiger partial charge in [-0.3, -0.25) is 0 Å². The van der Waals surface area contributed by atoms with Gasteiger partial charge in [-0.15, -0.1) is 0 Å². The van der Waals surface area contributed by atoms with E-state index in [-0.39, 0.29) is 6.10 Å². The van der Waals surface area contributed by atoms with E-state index < -0.39 is 6.10 Å². The molecule has 0 aliphatic heterocycles. The van der Waals surface area contributed by atoms with E-state index in [1.807, 2.05) is 50.2 Å². The molecule has 21 heavy (non-hydrogen) atoms. The molecule has 1 N–H and O–H groups in total. The predicted molar refractivity (Wildman–Crippen MR) is 84.7 cm³/mol. The summed E-state index contributed by atoms with van der Waals surface area (Å²) < 4.78 is 5.63. The van der Waals surface area contributed by atoms with Crippen molar-refractivity contribution in [3.05, 3.63) is 65.2 Å². The van der Waals surface area contributed by atoms with Crippen LogP contribution in [0.2, 0.25) is 0 Å². The molecule has 1 atom stereocenters. The first-order chi connectivity index (χ1) is 10.1. The molecular formula is C19H22O2. The maximum absolute atomic E-state index is 10.6. The summed E-state index contributed by atoms with van der Waals surface area (Å²) in [6, 6.07) is 16.1. The molecule has 0 aromatic heterocycles. The minimum atomic E-state index is -0.572. The number of aliphatic hydroxyl groups is 1. The Balaban J connectivity index is 1.77. The molecule has 110 valence electrons. The monoisotopic (exact) mass is 282 g/mol. The van der Waals surface area contributed by atoms with Crippen LogP contribution in [0.15, 0.2) is 48.5 Å². The molecule has 2 nitrogen and oxygen atoms in total. The van der Waals surface area contributed by atoms with Crippen molar-refractivity contribution in [2.24, 2.45) is 0 Å². The Morgan fingerprint density at radius 2 is 1.71 bits per heavy atom. The molecule has 0 saturated heterocycles. The summed E-state index contributed by atoms with van der Waals surface area (Å²) in [5.74, 6) is 1.55. The predicted octanol–water partition coefficient (Wildman–Crippen LogP) is 4.43. The quantitative estimate of drug-likeness (QED) is 0.879.